The molecule has 0 aliphatic carbocycles. The molecule has 1 aromatic heterocycles. The van der Waals surface area contributed by atoms with E-state index in [-0.39, 0.29) is 10.0 Å². The number of hydrogen-bond donors (Lipinski definition) is 2. The van der Waals surface area contributed by atoms with Crippen LogP contribution in [0, 0.1) is 5.41 Å². The highest BCUT2D eigenvalue weighted by molar-refractivity contribution is 7.89. The molecule has 0 fully saturated rings. The van der Waals surface area contributed by atoms with E-state index in [0.717, 1.165) is 0 Å². The number of rotatable bonds is 4. The summed E-state index contributed by atoms with van der Waals surface area (Å²) in [6.45, 7) is 4.90. The first-order valence-corrected chi connectivity index (χ1v) is 9.16. The van der Waals surface area contributed by atoms with E-state index in [1.54, 1.807) is 20.8 Å². The Morgan fingerprint density at radius 2 is 1.88 bits per heavy atom. The lowest BCUT2D eigenvalue weighted by Crippen LogP contribution is -2.48. The number of hydrogen-bond acceptors (Lipinski definition) is 4. The van der Waals surface area contributed by atoms with Crippen LogP contribution in [0.1, 0.15) is 20.8 Å². The van der Waals surface area contributed by atoms with Crippen LogP contribution < -0.4 is 4.72 Å². The molecule has 0 bridgehead atoms. The summed E-state index contributed by atoms with van der Waals surface area (Å²) in [6.07, 6.45) is 1.37. The van der Waals surface area contributed by atoms with Crippen LogP contribution in [0.15, 0.2) is 29.3 Å². The fourth-order valence-corrected chi connectivity index (χ4v) is 3.98. The van der Waals surface area contributed by atoms with Gasteiger partial charge in [0.2, 0.25) is 10.0 Å². The zero-order valence-electron chi connectivity index (χ0n) is 13.2. The minimum absolute atomic E-state index is 0.108. The first-order valence-electron chi connectivity index (χ1n) is 6.92. The van der Waals surface area contributed by atoms with Crippen molar-refractivity contribution >= 4 is 50.0 Å². The summed E-state index contributed by atoms with van der Waals surface area (Å²) in [5.41, 5.74) is -0.807. The van der Waals surface area contributed by atoms with E-state index in [9.17, 15) is 18.3 Å². The van der Waals surface area contributed by atoms with Crippen LogP contribution in [0.2, 0.25) is 10.2 Å². The number of benzene rings is 1. The van der Waals surface area contributed by atoms with Gasteiger partial charge in [0.15, 0.2) is 0 Å². The lowest BCUT2D eigenvalue weighted by atomic mass is 9.88. The van der Waals surface area contributed by atoms with E-state index >= 15 is 0 Å². The normalized spacial score (nSPS) is 13.9. The van der Waals surface area contributed by atoms with Crippen LogP contribution in [0.5, 0.6) is 0 Å². The maximum absolute atomic E-state index is 12.6. The predicted molar refractivity (Wildman–Crippen MR) is 93.0 cm³/mol. The SMILES string of the molecule is CC(C)(C)[C@@H](NS(=O)(=O)c1ccc2c(Cl)cnc(Cl)c2c1)C(=O)O. The highest BCUT2D eigenvalue weighted by Crippen LogP contribution is 2.30. The van der Waals surface area contributed by atoms with Gasteiger partial charge in [0.1, 0.15) is 11.2 Å². The second-order valence-electron chi connectivity index (χ2n) is 6.36. The molecule has 9 heteroatoms. The quantitative estimate of drug-likeness (QED) is 0.780. The third-order valence-electron chi connectivity index (χ3n) is 3.46. The minimum atomic E-state index is -4.07. The molecule has 2 rings (SSSR count). The number of sulfonamides is 1. The van der Waals surface area contributed by atoms with Gasteiger partial charge in [-0.15, -0.1) is 0 Å². The largest absolute Gasteiger partial charge is 0.480 e. The summed E-state index contributed by atoms with van der Waals surface area (Å²) in [4.78, 5) is 15.2. The van der Waals surface area contributed by atoms with Crippen molar-refractivity contribution in [3.8, 4) is 0 Å². The zero-order chi connectivity index (χ0) is 18.3. The summed E-state index contributed by atoms with van der Waals surface area (Å²) in [5, 5.41) is 10.7. The van der Waals surface area contributed by atoms with E-state index in [1.807, 2.05) is 0 Å². The summed E-state index contributed by atoms with van der Waals surface area (Å²) >= 11 is 12.0. The topological polar surface area (TPSA) is 96.4 Å². The summed E-state index contributed by atoms with van der Waals surface area (Å²) < 4.78 is 27.3. The van der Waals surface area contributed by atoms with Gasteiger partial charge in [-0.05, 0) is 17.5 Å². The Hall–Kier alpha value is -1.41. The van der Waals surface area contributed by atoms with Crippen molar-refractivity contribution in [2.24, 2.45) is 5.41 Å². The van der Waals surface area contributed by atoms with Crippen LogP contribution in [0.3, 0.4) is 0 Å². The van der Waals surface area contributed by atoms with Gasteiger partial charge in [0, 0.05) is 17.0 Å². The van der Waals surface area contributed by atoms with Crippen molar-refractivity contribution in [3.05, 3.63) is 34.6 Å². The van der Waals surface area contributed by atoms with E-state index < -0.39 is 27.4 Å². The van der Waals surface area contributed by atoms with Crippen molar-refractivity contribution in [1.82, 2.24) is 9.71 Å². The highest BCUT2D eigenvalue weighted by Gasteiger charge is 2.35. The van der Waals surface area contributed by atoms with Crippen LogP contribution in [0.4, 0.5) is 0 Å². The second kappa shape index (κ2) is 6.48. The van der Waals surface area contributed by atoms with Gasteiger partial charge < -0.3 is 5.11 Å². The van der Waals surface area contributed by atoms with Gasteiger partial charge in [0.05, 0.1) is 9.92 Å². The molecule has 1 aromatic carbocycles. The number of pyridine rings is 1. The van der Waals surface area contributed by atoms with Gasteiger partial charge in [0.25, 0.3) is 0 Å². The molecule has 6 nitrogen and oxygen atoms in total. The monoisotopic (exact) mass is 390 g/mol. The number of halogens is 2. The van der Waals surface area contributed by atoms with Gasteiger partial charge in [-0.25, -0.2) is 13.4 Å². The number of carboxylic acid groups (broad SMARTS) is 1. The molecule has 24 heavy (non-hydrogen) atoms. The van der Waals surface area contributed by atoms with E-state index in [1.165, 1.54) is 24.4 Å². The molecule has 0 spiro atoms. The van der Waals surface area contributed by atoms with Gasteiger partial charge in [-0.1, -0.05) is 50.0 Å². The fourth-order valence-electron chi connectivity index (χ4n) is 2.14. The van der Waals surface area contributed by atoms with Gasteiger partial charge in [-0.3, -0.25) is 4.79 Å². The number of aliphatic carboxylic acids is 1. The summed E-state index contributed by atoms with van der Waals surface area (Å²) in [5.74, 6) is -1.25. The number of nitrogens with one attached hydrogen (secondary N) is 1. The van der Waals surface area contributed by atoms with Crippen molar-refractivity contribution in [2.45, 2.75) is 31.7 Å². The Kier molecular flexibility index (Phi) is 5.11. The maximum atomic E-state index is 12.6. The smallest absolute Gasteiger partial charge is 0.322 e. The number of carbonyl (C=O) groups is 1. The summed E-state index contributed by atoms with van der Waals surface area (Å²) in [6, 6.07) is 2.88. The predicted octanol–water partition coefficient (Wildman–Crippen LogP) is 3.32. The number of aromatic nitrogens is 1. The zero-order valence-corrected chi connectivity index (χ0v) is 15.5. The van der Waals surface area contributed by atoms with Crippen molar-refractivity contribution in [2.75, 3.05) is 0 Å². The van der Waals surface area contributed by atoms with Crippen LogP contribution in [-0.4, -0.2) is 30.5 Å². The molecule has 0 amide bonds. The van der Waals surface area contributed by atoms with E-state index in [0.29, 0.717) is 15.8 Å². The Morgan fingerprint density at radius 1 is 1.25 bits per heavy atom. The Bertz CT molecular complexity index is 908. The molecule has 130 valence electrons. The Labute approximate surface area is 149 Å². The fraction of sp³-hybridized carbons (Fsp3) is 0.333. The number of carboxylic acids is 1. The Balaban J connectivity index is 2.52. The van der Waals surface area contributed by atoms with E-state index in [2.05, 4.69) is 9.71 Å². The molecule has 2 aromatic rings. The van der Waals surface area contributed by atoms with Crippen LogP contribution >= 0.6 is 23.2 Å². The highest BCUT2D eigenvalue weighted by atomic mass is 35.5. The Morgan fingerprint density at radius 3 is 2.42 bits per heavy atom. The van der Waals surface area contributed by atoms with Crippen molar-refractivity contribution < 1.29 is 18.3 Å². The summed E-state index contributed by atoms with van der Waals surface area (Å²) in [7, 11) is -4.07. The average Bonchev–Trinajstić information content (AvgIpc) is 2.47. The van der Waals surface area contributed by atoms with Gasteiger partial charge >= 0.3 is 5.97 Å². The third-order valence-corrected chi connectivity index (χ3v) is 5.48. The molecule has 0 radical (unpaired) electrons. The van der Waals surface area contributed by atoms with E-state index in [4.69, 9.17) is 23.2 Å². The molecule has 1 atom stereocenters. The average molecular weight is 391 g/mol. The first-order chi connectivity index (χ1) is 10.9. The molecule has 2 N–H and O–H groups in total. The molecule has 0 saturated heterocycles. The molecule has 1 heterocycles. The van der Waals surface area contributed by atoms with Crippen LogP contribution in [0.25, 0.3) is 10.8 Å². The molecule has 0 aliphatic heterocycles. The molecule has 0 unspecified atom stereocenters. The van der Waals surface area contributed by atoms with Crippen molar-refractivity contribution in [1.29, 1.82) is 0 Å². The van der Waals surface area contributed by atoms with Gasteiger partial charge in [-0.2, -0.15) is 4.72 Å². The lowest BCUT2D eigenvalue weighted by molar-refractivity contribution is -0.141. The maximum Gasteiger partial charge on any atom is 0.322 e. The standard InChI is InChI=1S/C15H16Cl2N2O4S/c1-15(2,3)12(14(20)21)19-24(22,23)8-4-5-9-10(6-8)13(17)18-7-11(9)16/h4-7,12,19H,1-3H3,(H,20,21)/t12-/m0/s1. The lowest BCUT2D eigenvalue weighted by Gasteiger charge is -2.27. The number of fused-ring (bicyclic) bond motifs is 1. The number of nitrogens with zero attached hydrogens (tertiary/aromatic N) is 1. The first kappa shape index (κ1) is 18.9. The van der Waals surface area contributed by atoms with Crippen molar-refractivity contribution in [3.63, 3.8) is 0 Å². The molecule has 0 saturated carbocycles. The molecular weight excluding hydrogens is 375 g/mol. The van der Waals surface area contributed by atoms with Crippen LogP contribution in [-0.2, 0) is 14.8 Å². The second-order valence-corrected chi connectivity index (χ2v) is 8.84. The third kappa shape index (κ3) is 3.80. The molecule has 0 aliphatic rings. The molecular formula is C15H16Cl2N2O4S. The minimum Gasteiger partial charge on any atom is -0.480 e.